The minimum atomic E-state index is -2.04. The number of hydrogen-bond acceptors (Lipinski definition) is 22. The molecule has 7 rings (SSSR count). The lowest BCUT2D eigenvalue weighted by atomic mass is 9.98. The number of methoxy groups -OCH3 is 1. The zero-order valence-electron chi connectivity index (χ0n) is 50.8. The van der Waals surface area contributed by atoms with Crippen molar-refractivity contribution in [2.75, 3.05) is 53.0 Å². The summed E-state index contributed by atoms with van der Waals surface area (Å²) in [5.41, 5.74) is 13.1. The molecule has 3 aliphatic heterocycles. The summed E-state index contributed by atoms with van der Waals surface area (Å²) in [7, 11) is 1.71. The summed E-state index contributed by atoms with van der Waals surface area (Å²) < 4.78 is 16.9. The number of nitrogens with one attached hydrogen (secondary N) is 5. The van der Waals surface area contributed by atoms with Gasteiger partial charge < -0.3 is 97.8 Å². The molecular formula is C61H85N11O17S. The number of aromatic nitrogens is 2. The SMILES string of the molecule is COC(C)CCCCCOc1ccc(-c2nnc(-c3ccc(C(=O)NC4C[C@@H](O)CNC(=O)[C@@H]5[C@@H](O)[C@@H](C)CN5C(=O)[C@H]([C@H](O)CCN)NC(=O)[C@H]([C@H](O)Cc5ccc(O)c(OCCCN)c5)NC(=O)[C@@H]5C[C@@H](O)CN5C(=O)[C@H]([C@@H](C)O)NC4=O)cc3)s2)cc1. The highest BCUT2D eigenvalue weighted by atomic mass is 32.1. The van der Waals surface area contributed by atoms with Crippen molar-refractivity contribution in [1.29, 1.82) is 0 Å². The molecule has 29 heteroatoms. The van der Waals surface area contributed by atoms with Gasteiger partial charge in [-0.25, -0.2) is 0 Å². The van der Waals surface area contributed by atoms with Crippen molar-refractivity contribution >= 4 is 52.7 Å². The Labute approximate surface area is 525 Å². The second-order valence-electron chi connectivity index (χ2n) is 23.1. The molecule has 492 valence electrons. The van der Waals surface area contributed by atoms with Crippen LogP contribution in [-0.4, -0.2) is 229 Å². The number of fused-ring (bicyclic) bond motifs is 2. The molecule has 0 bridgehead atoms. The van der Waals surface area contributed by atoms with Gasteiger partial charge in [0.05, 0.1) is 55.9 Å². The van der Waals surface area contributed by atoms with E-state index in [-0.39, 0.29) is 61.4 Å². The van der Waals surface area contributed by atoms with Gasteiger partial charge in [0.15, 0.2) is 11.5 Å². The highest BCUT2D eigenvalue weighted by molar-refractivity contribution is 7.17. The fraction of sp³-hybridized carbons (Fsp3) is 0.557. The average molecular weight is 1280 g/mol. The first kappa shape index (κ1) is 70.0. The normalized spacial score (nSPS) is 25.3. The van der Waals surface area contributed by atoms with Crippen molar-refractivity contribution in [2.24, 2.45) is 17.4 Å². The summed E-state index contributed by atoms with van der Waals surface area (Å²) in [4.78, 5) is 103. The van der Waals surface area contributed by atoms with Crippen LogP contribution < -0.4 is 47.5 Å². The van der Waals surface area contributed by atoms with E-state index < -0.39 is 152 Å². The Morgan fingerprint density at radius 1 is 0.711 bits per heavy atom. The summed E-state index contributed by atoms with van der Waals surface area (Å²) in [5, 5.41) is 101. The number of aliphatic hydroxyl groups is 6. The number of aliphatic hydroxyl groups excluding tert-OH is 6. The van der Waals surface area contributed by atoms with E-state index in [0.717, 1.165) is 53.7 Å². The second-order valence-corrected chi connectivity index (χ2v) is 24.1. The lowest BCUT2D eigenvalue weighted by Crippen LogP contribution is -2.64. The third kappa shape index (κ3) is 18.4. The van der Waals surface area contributed by atoms with Crippen molar-refractivity contribution in [3.8, 4) is 38.4 Å². The molecule has 90 heavy (non-hydrogen) atoms. The van der Waals surface area contributed by atoms with Crippen LogP contribution in [0.3, 0.4) is 0 Å². The lowest BCUT2D eigenvalue weighted by Gasteiger charge is -2.34. The van der Waals surface area contributed by atoms with Gasteiger partial charge in [0.1, 0.15) is 52.0 Å². The highest BCUT2D eigenvalue weighted by Crippen LogP contribution is 2.33. The number of phenolic OH excluding ortho intramolecular Hbond substituents is 1. The van der Waals surface area contributed by atoms with Crippen LogP contribution in [0.25, 0.3) is 21.1 Å². The molecular weight excluding hydrogens is 1190 g/mol. The maximum absolute atomic E-state index is 14.7. The van der Waals surface area contributed by atoms with Crippen molar-refractivity contribution in [1.82, 2.24) is 46.6 Å². The molecule has 2 unspecified atom stereocenters. The largest absolute Gasteiger partial charge is 0.504 e. The number of β-amino-alcohol motifs (C(OH)–C–C–N with tert-alkyl or cyclic N) is 1. The standard InChI is InChI=1S/C61H85N11O17S/c1-32-30-72-51(52(32)79)57(84)64-29-39(74)27-42(65-53(80)36-11-13-37(14-12-36)58-69-70-59(90-58)38-15-17-41(18-16-38)88-23-7-5-6-9-33(2)87-4)54(81)66-48(34(3)73)60(85)71-31-40(75)28-43(71)55(82)67-49(56(83)68-50(61(72)86)45(77)20-22-63)46(78)25-35-10-19-44(76)47(26-35)89-24-8-21-62/h10-19,26,32-34,39-40,42-43,45-46,48-52,73-79H,5-9,20-25,27-31,62-63H2,1-4H3,(H,64,84)(H,65,80)(H,66,81)(H,67,82)(H,68,83)/t32-,33?,34+,39+,40+,42?,43-,45+,46+,48-,49-,50-,51-,52-/m0/s1. The number of nitrogens with two attached hydrogens (primary N) is 2. The molecule has 4 aromatic rings. The molecule has 3 fully saturated rings. The topological polar surface area (TPSA) is 433 Å². The molecule has 0 spiro atoms. The van der Waals surface area contributed by atoms with E-state index in [0.29, 0.717) is 28.6 Å². The Hall–Kier alpha value is -7.45. The maximum Gasteiger partial charge on any atom is 0.251 e. The summed E-state index contributed by atoms with van der Waals surface area (Å²) in [6, 6.07) is 6.72. The van der Waals surface area contributed by atoms with Crippen LogP contribution in [0.4, 0.5) is 0 Å². The van der Waals surface area contributed by atoms with Crippen LogP contribution in [0.5, 0.6) is 17.2 Å². The molecule has 7 amide bonds. The number of ether oxygens (including phenoxy) is 3. The summed E-state index contributed by atoms with van der Waals surface area (Å²) in [6.07, 6.45) is -7.23. The Balaban J connectivity index is 1.15. The Morgan fingerprint density at radius 3 is 2.01 bits per heavy atom. The van der Waals surface area contributed by atoms with Gasteiger partial charge in [0, 0.05) is 68.6 Å². The minimum Gasteiger partial charge on any atom is -0.504 e. The van der Waals surface area contributed by atoms with E-state index in [1.165, 1.54) is 48.6 Å². The van der Waals surface area contributed by atoms with Crippen LogP contribution in [-0.2, 0) is 39.9 Å². The molecule has 0 radical (unpaired) electrons. The molecule has 0 saturated carbocycles. The van der Waals surface area contributed by atoms with Crippen molar-refractivity contribution in [2.45, 2.75) is 158 Å². The second kappa shape index (κ2) is 33.0. The van der Waals surface area contributed by atoms with Gasteiger partial charge in [0.25, 0.3) is 5.91 Å². The molecule has 3 aromatic carbocycles. The zero-order chi connectivity index (χ0) is 65.3. The average Bonchev–Trinajstić information content (AvgIpc) is 1.89. The molecule has 1 aromatic heterocycles. The number of rotatable bonds is 23. The first-order valence-electron chi connectivity index (χ1n) is 30.3. The van der Waals surface area contributed by atoms with Gasteiger partial charge in [-0.3, -0.25) is 33.6 Å². The summed E-state index contributed by atoms with van der Waals surface area (Å²) in [5.74, 6) is -7.88. The van der Waals surface area contributed by atoms with Crippen LogP contribution in [0.2, 0.25) is 0 Å². The van der Waals surface area contributed by atoms with E-state index >= 15 is 0 Å². The predicted octanol–water partition coefficient (Wildman–Crippen LogP) is -1.42. The van der Waals surface area contributed by atoms with E-state index in [2.05, 4.69) is 36.8 Å². The molecule has 28 nitrogen and oxygen atoms in total. The van der Waals surface area contributed by atoms with Gasteiger partial charge >= 0.3 is 0 Å². The Morgan fingerprint density at radius 2 is 1.36 bits per heavy atom. The predicted molar refractivity (Wildman–Crippen MR) is 327 cm³/mol. The number of carbonyl (C=O) groups is 7. The van der Waals surface area contributed by atoms with Gasteiger partial charge in [0.2, 0.25) is 35.4 Å². The maximum atomic E-state index is 14.7. The van der Waals surface area contributed by atoms with Crippen molar-refractivity contribution < 1.29 is 83.5 Å². The molecule has 3 saturated heterocycles. The molecule has 4 heterocycles. The first-order chi connectivity index (χ1) is 43.0. The van der Waals surface area contributed by atoms with Gasteiger partial charge in [-0.2, -0.15) is 0 Å². The third-order valence-electron chi connectivity index (χ3n) is 16.1. The van der Waals surface area contributed by atoms with E-state index in [1.54, 1.807) is 19.2 Å². The number of benzene rings is 3. The van der Waals surface area contributed by atoms with Crippen LogP contribution >= 0.6 is 11.3 Å². The fourth-order valence-electron chi connectivity index (χ4n) is 10.9. The number of aromatic hydroxyl groups is 1. The van der Waals surface area contributed by atoms with Crippen molar-refractivity contribution in [3.63, 3.8) is 0 Å². The molecule has 14 atom stereocenters. The molecule has 16 N–H and O–H groups in total. The van der Waals surface area contributed by atoms with E-state index in [4.69, 9.17) is 25.7 Å². The fourth-order valence-corrected chi connectivity index (χ4v) is 11.7. The van der Waals surface area contributed by atoms with Crippen molar-refractivity contribution in [3.05, 3.63) is 77.9 Å². The quantitative estimate of drug-likeness (QED) is 0.0379. The van der Waals surface area contributed by atoms with Gasteiger partial charge in [-0.15, -0.1) is 10.2 Å². The number of phenols is 1. The monoisotopic (exact) mass is 1280 g/mol. The lowest BCUT2D eigenvalue weighted by molar-refractivity contribution is -0.147. The summed E-state index contributed by atoms with van der Waals surface area (Å²) in [6.45, 7) is 4.01. The number of hydrogen-bond donors (Lipinski definition) is 14. The zero-order valence-corrected chi connectivity index (χ0v) is 51.6. The molecule has 3 aliphatic rings. The number of nitrogens with zero attached hydrogens (tertiary/aromatic N) is 4. The van der Waals surface area contributed by atoms with Gasteiger partial charge in [-0.1, -0.05) is 42.9 Å². The smallest absolute Gasteiger partial charge is 0.251 e. The number of carbonyl (C=O) groups excluding carboxylic acids is 7. The Kier molecular flexibility index (Phi) is 25.7. The molecule has 0 aliphatic carbocycles. The van der Waals surface area contributed by atoms with Crippen LogP contribution in [0.15, 0.2) is 66.7 Å². The minimum absolute atomic E-state index is 0.00274. The Bertz CT molecular complexity index is 3070. The van der Waals surface area contributed by atoms with Gasteiger partial charge in [-0.05, 0) is 113 Å². The first-order valence-corrected chi connectivity index (χ1v) is 31.1. The van der Waals surface area contributed by atoms with E-state index in [1.807, 2.05) is 31.2 Å². The number of unbranched alkanes of at least 4 members (excludes halogenated alkanes) is 2. The summed E-state index contributed by atoms with van der Waals surface area (Å²) >= 11 is 1.30. The van der Waals surface area contributed by atoms with Crippen LogP contribution in [0, 0.1) is 5.92 Å². The third-order valence-corrected chi connectivity index (χ3v) is 17.2. The van der Waals surface area contributed by atoms with Crippen LogP contribution in [0.1, 0.15) is 88.1 Å². The highest BCUT2D eigenvalue weighted by Gasteiger charge is 2.50. The number of amides is 7. The van der Waals surface area contributed by atoms with E-state index in [9.17, 15) is 69.3 Å².